The third-order valence-electron chi connectivity index (χ3n) is 4.66. The van der Waals surface area contributed by atoms with Crippen molar-refractivity contribution in [2.45, 2.75) is 17.9 Å². The van der Waals surface area contributed by atoms with E-state index >= 15 is 0 Å². The third kappa shape index (κ3) is 3.95. The molecule has 1 aliphatic rings. The van der Waals surface area contributed by atoms with Crippen molar-refractivity contribution in [2.75, 3.05) is 11.3 Å². The minimum atomic E-state index is -4.07. The fourth-order valence-electron chi connectivity index (χ4n) is 3.18. The molecular weight excluding hydrogens is 395 g/mol. The first-order chi connectivity index (χ1) is 13.9. The highest BCUT2D eigenvalue weighted by molar-refractivity contribution is 7.92. The Morgan fingerprint density at radius 2 is 1.86 bits per heavy atom. The number of hydrogen-bond donors (Lipinski definition) is 1. The second-order valence-corrected chi connectivity index (χ2v) is 8.24. The smallest absolute Gasteiger partial charge is 0.264 e. The summed E-state index contributed by atoms with van der Waals surface area (Å²) < 4.78 is 40.9. The molecule has 0 saturated heterocycles. The lowest BCUT2D eigenvalue weighted by Gasteiger charge is -2.28. The molecule has 3 aromatic rings. The van der Waals surface area contributed by atoms with E-state index in [1.807, 2.05) is 0 Å². The van der Waals surface area contributed by atoms with E-state index in [9.17, 15) is 17.6 Å². The van der Waals surface area contributed by atoms with Gasteiger partial charge in [-0.25, -0.2) is 22.8 Å². The second-order valence-electron chi connectivity index (χ2n) is 6.58. The lowest BCUT2D eigenvalue weighted by Crippen LogP contribution is -2.36. The molecule has 0 radical (unpaired) electrons. The average molecular weight is 412 g/mol. The number of nitrogens with zero attached hydrogens (tertiary/aromatic N) is 3. The summed E-state index contributed by atoms with van der Waals surface area (Å²) in [4.78, 5) is 22.3. The maximum absolute atomic E-state index is 13.8. The van der Waals surface area contributed by atoms with Gasteiger partial charge in [-0.3, -0.25) is 9.52 Å². The number of carbonyl (C=O) groups excluding carboxylic acids is 1. The van der Waals surface area contributed by atoms with Crippen LogP contribution in [0.15, 0.2) is 66.0 Å². The van der Waals surface area contributed by atoms with Crippen LogP contribution >= 0.6 is 0 Å². The Bertz CT molecular complexity index is 1170. The molecule has 0 aliphatic carbocycles. The Labute approximate surface area is 167 Å². The van der Waals surface area contributed by atoms with Crippen LogP contribution in [0.5, 0.6) is 0 Å². The molecule has 7 nitrogen and oxygen atoms in total. The van der Waals surface area contributed by atoms with Crippen LogP contribution < -0.4 is 4.72 Å². The number of sulfonamides is 1. The highest BCUT2D eigenvalue weighted by atomic mass is 32.2. The predicted molar refractivity (Wildman–Crippen MR) is 104 cm³/mol. The largest absolute Gasteiger partial charge is 0.334 e. The van der Waals surface area contributed by atoms with Crippen molar-refractivity contribution >= 4 is 21.6 Å². The number of amides is 1. The monoisotopic (exact) mass is 412 g/mol. The quantitative estimate of drug-likeness (QED) is 0.711. The molecule has 1 N–H and O–H groups in total. The second kappa shape index (κ2) is 7.59. The van der Waals surface area contributed by atoms with E-state index in [-0.39, 0.29) is 11.6 Å². The van der Waals surface area contributed by atoms with E-state index in [0.717, 1.165) is 17.3 Å². The minimum absolute atomic E-state index is 0.164. The molecule has 0 fully saturated rings. The van der Waals surface area contributed by atoms with Gasteiger partial charge in [0.25, 0.3) is 15.9 Å². The fourth-order valence-corrected chi connectivity index (χ4v) is 4.31. The Balaban J connectivity index is 1.48. The molecule has 0 atom stereocenters. The van der Waals surface area contributed by atoms with E-state index < -0.39 is 20.7 Å². The van der Waals surface area contributed by atoms with Crippen LogP contribution in [0.4, 0.5) is 10.1 Å². The first kappa shape index (κ1) is 19.0. The van der Waals surface area contributed by atoms with Gasteiger partial charge in [0.1, 0.15) is 17.0 Å². The lowest BCUT2D eigenvalue weighted by molar-refractivity contribution is 0.0733. The standard InChI is InChI=1S/C20H17FN4O3S/c21-17-3-1-2-4-19(17)29(27,28)24-16-7-5-14(6-8-16)20(26)25-10-9-18-15(12-25)11-22-13-23-18/h1-8,11,13,24H,9-10,12H2. The van der Waals surface area contributed by atoms with Gasteiger partial charge in [-0.15, -0.1) is 0 Å². The summed E-state index contributed by atoms with van der Waals surface area (Å²) in [6.45, 7) is 0.973. The maximum Gasteiger partial charge on any atom is 0.264 e. The summed E-state index contributed by atoms with van der Waals surface area (Å²) >= 11 is 0. The van der Waals surface area contributed by atoms with Gasteiger partial charge in [0.15, 0.2) is 0 Å². The van der Waals surface area contributed by atoms with E-state index in [2.05, 4.69) is 14.7 Å². The number of rotatable bonds is 4. The number of nitrogens with one attached hydrogen (secondary N) is 1. The van der Waals surface area contributed by atoms with Crippen LogP contribution in [0.25, 0.3) is 0 Å². The summed E-state index contributed by atoms with van der Waals surface area (Å²) in [5, 5.41) is 0. The van der Waals surface area contributed by atoms with Crippen molar-refractivity contribution in [3.63, 3.8) is 0 Å². The third-order valence-corrected chi connectivity index (χ3v) is 6.07. The molecule has 0 saturated carbocycles. The molecule has 1 amide bonds. The van der Waals surface area contributed by atoms with Gasteiger partial charge in [0.2, 0.25) is 0 Å². The number of aromatic nitrogens is 2. The van der Waals surface area contributed by atoms with E-state index in [1.54, 1.807) is 23.2 Å². The zero-order chi connectivity index (χ0) is 20.4. The number of anilines is 1. The summed E-state index contributed by atoms with van der Waals surface area (Å²) in [7, 11) is -4.07. The van der Waals surface area contributed by atoms with Crippen LogP contribution in [-0.2, 0) is 23.0 Å². The van der Waals surface area contributed by atoms with Gasteiger partial charge in [-0.1, -0.05) is 12.1 Å². The van der Waals surface area contributed by atoms with Gasteiger partial charge < -0.3 is 4.90 Å². The van der Waals surface area contributed by atoms with Gasteiger partial charge in [-0.05, 0) is 36.4 Å². The Morgan fingerprint density at radius 1 is 1.10 bits per heavy atom. The highest BCUT2D eigenvalue weighted by Gasteiger charge is 2.23. The maximum atomic E-state index is 13.8. The summed E-state index contributed by atoms with van der Waals surface area (Å²) in [6.07, 6.45) is 3.86. The highest BCUT2D eigenvalue weighted by Crippen LogP contribution is 2.21. The molecule has 0 unspecified atom stereocenters. The summed E-state index contributed by atoms with van der Waals surface area (Å²) in [5.41, 5.74) is 2.53. The topological polar surface area (TPSA) is 92.3 Å². The summed E-state index contributed by atoms with van der Waals surface area (Å²) in [6, 6.07) is 11.2. The number of hydrogen-bond acceptors (Lipinski definition) is 5. The molecule has 4 rings (SSSR count). The molecule has 148 valence electrons. The number of halogens is 1. The van der Waals surface area contributed by atoms with Gasteiger partial charge >= 0.3 is 0 Å². The molecule has 2 heterocycles. The molecule has 0 spiro atoms. The first-order valence-electron chi connectivity index (χ1n) is 8.88. The van der Waals surface area contributed by atoms with Crippen molar-refractivity contribution in [1.82, 2.24) is 14.9 Å². The van der Waals surface area contributed by atoms with Gasteiger partial charge in [-0.2, -0.15) is 0 Å². The lowest BCUT2D eigenvalue weighted by atomic mass is 10.1. The molecule has 1 aliphatic heterocycles. The first-order valence-corrected chi connectivity index (χ1v) is 10.4. The van der Waals surface area contributed by atoms with E-state index in [4.69, 9.17) is 0 Å². The zero-order valence-electron chi connectivity index (χ0n) is 15.2. The molecule has 0 bridgehead atoms. The number of carbonyl (C=O) groups is 1. The average Bonchev–Trinajstić information content (AvgIpc) is 2.73. The van der Waals surface area contributed by atoms with Crippen molar-refractivity contribution in [1.29, 1.82) is 0 Å². The predicted octanol–water partition coefficient (Wildman–Crippen LogP) is 2.62. The van der Waals surface area contributed by atoms with E-state index in [1.165, 1.54) is 36.7 Å². The SMILES string of the molecule is O=C(c1ccc(NS(=O)(=O)c2ccccc2F)cc1)N1CCc2ncncc2C1. The molecule has 1 aromatic heterocycles. The Hall–Kier alpha value is -3.33. The van der Waals surface area contributed by atoms with Crippen LogP contribution in [0.3, 0.4) is 0 Å². The van der Waals surface area contributed by atoms with Crippen LogP contribution in [0.2, 0.25) is 0 Å². The molecule has 2 aromatic carbocycles. The summed E-state index contributed by atoms with van der Waals surface area (Å²) in [5.74, 6) is -0.996. The van der Waals surface area contributed by atoms with Gasteiger partial charge in [0, 0.05) is 42.5 Å². The fraction of sp³-hybridized carbons (Fsp3) is 0.150. The molecular formula is C20H17FN4O3S. The number of benzene rings is 2. The zero-order valence-corrected chi connectivity index (χ0v) is 16.1. The van der Waals surface area contributed by atoms with Gasteiger partial charge in [0.05, 0.1) is 5.69 Å². The van der Waals surface area contributed by atoms with Crippen LogP contribution in [0, 0.1) is 5.82 Å². The van der Waals surface area contributed by atoms with Crippen molar-refractivity contribution < 1.29 is 17.6 Å². The van der Waals surface area contributed by atoms with E-state index in [0.29, 0.717) is 25.1 Å². The Kier molecular flexibility index (Phi) is 4.98. The Morgan fingerprint density at radius 3 is 2.62 bits per heavy atom. The van der Waals surface area contributed by atoms with Crippen LogP contribution in [-0.4, -0.2) is 35.7 Å². The molecule has 29 heavy (non-hydrogen) atoms. The normalized spacial score (nSPS) is 13.6. The number of fused-ring (bicyclic) bond motifs is 1. The van der Waals surface area contributed by atoms with Crippen molar-refractivity contribution in [2.24, 2.45) is 0 Å². The van der Waals surface area contributed by atoms with Crippen molar-refractivity contribution in [3.8, 4) is 0 Å². The molecule has 9 heteroatoms. The van der Waals surface area contributed by atoms with Crippen molar-refractivity contribution in [3.05, 3.63) is 83.7 Å². The minimum Gasteiger partial charge on any atom is -0.334 e. The van der Waals surface area contributed by atoms with Crippen LogP contribution in [0.1, 0.15) is 21.6 Å².